The first-order valence-electron chi connectivity index (χ1n) is 15.5. The predicted octanol–water partition coefficient (Wildman–Crippen LogP) is 11.3. The lowest BCUT2D eigenvalue weighted by Crippen LogP contribution is -2.30. The number of thioether (sulfide) groups is 1. The van der Waals surface area contributed by atoms with Gasteiger partial charge in [-0.2, -0.15) is 0 Å². The van der Waals surface area contributed by atoms with Crippen LogP contribution in [0, 0.1) is 0 Å². The first-order chi connectivity index (χ1) is 25.1. The molecule has 0 spiro atoms. The summed E-state index contributed by atoms with van der Waals surface area (Å²) in [7, 11) is 0. The molecule has 52 heavy (non-hydrogen) atoms. The topological polar surface area (TPSA) is 100 Å². The Balaban J connectivity index is 1.22. The molecule has 0 aliphatic rings. The van der Waals surface area contributed by atoms with Gasteiger partial charge in [0.25, 0.3) is 11.8 Å². The number of carbonyl (C=O) groups excluding carboxylic acids is 3. The van der Waals surface area contributed by atoms with Gasteiger partial charge in [-0.3, -0.25) is 14.4 Å². The fourth-order valence-corrected chi connectivity index (χ4v) is 7.37. The van der Waals surface area contributed by atoms with E-state index in [2.05, 4.69) is 20.9 Å². The normalized spacial score (nSPS) is 11.8. The molecule has 0 fully saturated rings. The van der Waals surface area contributed by atoms with E-state index in [9.17, 15) is 14.4 Å². The second-order valence-corrected chi connectivity index (χ2v) is 14.7. The van der Waals surface area contributed by atoms with Crippen LogP contribution in [0.3, 0.4) is 0 Å². The second kappa shape index (κ2) is 17.3. The monoisotopic (exact) mass is 802 g/mol. The molecule has 0 saturated carbocycles. The molecular formula is C39H26Cl4N4O3S2. The second-order valence-electron chi connectivity index (χ2n) is 11.1. The van der Waals surface area contributed by atoms with Crippen molar-refractivity contribution in [2.75, 3.05) is 10.6 Å². The number of hydrogen-bond donors (Lipinski definition) is 3. The van der Waals surface area contributed by atoms with E-state index in [0.29, 0.717) is 47.6 Å². The maximum atomic E-state index is 13.8. The summed E-state index contributed by atoms with van der Waals surface area (Å²) in [6.45, 7) is 0. The van der Waals surface area contributed by atoms with Crippen LogP contribution < -0.4 is 16.0 Å². The molecule has 1 unspecified atom stereocenters. The van der Waals surface area contributed by atoms with E-state index in [4.69, 9.17) is 46.4 Å². The van der Waals surface area contributed by atoms with E-state index in [0.717, 1.165) is 11.1 Å². The number of nitrogens with one attached hydrogen (secondary N) is 3. The number of halogens is 4. The first kappa shape index (κ1) is 37.2. The van der Waals surface area contributed by atoms with Crippen LogP contribution in [0.4, 0.5) is 10.8 Å². The van der Waals surface area contributed by atoms with Crippen LogP contribution in [0.5, 0.6) is 0 Å². The smallest absolute Gasteiger partial charge is 0.272 e. The molecule has 1 heterocycles. The highest BCUT2D eigenvalue weighted by atomic mass is 35.5. The molecule has 1 aromatic heterocycles. The van der Waals surface area contributed by atoms with E-state index < -0.39 is 17.1 Å². The third kappa shape index (κ3) is 9.43. The Morgan fingerprint density at radius 1 is 0.731 bits per heavy atom. The number of rotatable bonds is 11. The Morgan fingerprint density at radius 3 is 2.21 bits per heavy atom. The Morgan fingerprint density at radius 2 is 1.46 bits per heavy atom. The van der Waals surface area contributed by atoms with Gasteiger partial charge in [-0.05, 0) is 65.7 Å². The number of carbonyl (C=O) groups is 3. The third-order valence-corrected chi connectivity index (χ3v) is 11.0. The highest BCUT2D eigenvalue weighted by Crippen LogP contribution is 2.38. The lowest BCUT2D eigenvalue weighted by atomic mass is 10.1. The van der Waals surface area contributed by atoms with Gasteiger partial charge in [-0.15, -0.1) is 23.1 Å². The Labute approximate surface area is 328 Å². The van der Waals surface area contributed by atoms with Crippen LogP contribution in [0.15, 0.2) is 137 Å². The quantitative estimate of drug-likeness (QED) is 0.0894. The highest BCUT2D eigenvalue weighted by molar-refractivity contribution is 8.00. The Hall–Kier alpha value is -4.61. The van der Waals surface area contributed by atoms with Crippen molar-refractivity contribution in [1.29, 1.82) is 0 Å². The molecule has 3 N–H and O–H groups in total. The molecule has 0 aliphatic carbocycles. The molecule has 0 aliphatic heterocycles. The van der Waals surface area contributed by atoms with Crippen LogP contribution >= 0.6 is 69.5 Å². The van der Waals surface area contributed by atoms with Crippen molar-refractivity contribution in [1.82, 2.24) is 10.3 Å². The highest BCUT2D eigenvalue weighted by Gasteiger charge is 2.24. The molecule has 0 saturated heterocycles. The molecule has 1 atom stereocenters. The number of thiazole rings is 1. The summed E-state index contributed by atoms with van der Waals surface area (Å²) in [5, 5.41) is 11.5. The molecule has 5 aromatic carbocycles. The first-order valence-corrected chi connectivity index (χ1v) is 18.8. The summed E-state index contributed by atoms with van der Waals surface area (Å²) >= 11 is 27.5. The van der Waals surface area contributed by atoms with Crippen molar-refractivity contribution in [3.63, 3.8) is 0 Å². The largest absolute Gasteiger partial charge is 0.321 e. The molecular weight excluding hydrogens is 778 g/mol. The summed E-state index contributed by atoms with van der Waals surface area (Å²) in [5.41, 5.74) is 3.38. The lowest BCUT2D eigenvalue weighted by Gasteiger charge is -2.17. The van der Waals surface area contributed by atoms with Gasteiger partial charge in [0.05, 0.1) is 25.8 Å². The van der Waals surface area contributed by atoms with Gasteiger partial charge in [0, 0.05) is 27.1 Å². The van der Waals surface area contributed by atoms with Crippen molar-refractivity contribution in [3.8, 4) is 11.3 Å². The van der Waals surface area contributed by atoms with Gasteiger partial charge in [0.1, 0.15) is 10.9 Å². The van der Waals surface area contributed by atoms with E-state index in [-0.39, 0.29) is 16.6 Å². The Bertz CT molecular complexity index is 2280. The van der Waals surface area contributed by atoms with Crippen LogP contribution in [0.2, 0.25) is 20.1 Å². The lowest BCUT2D eigenvalue weighted by molar-refractivity contribution is -0.116. The zero-order valence-electron chi connectivity index (χ0n) is 26.8. The molecule has 0 bridgehead atoms. The average Bonchev–Trinajstić information content (AvgIpc) is 3.62. The third-order valence-electron chi connectivity index (χ3n) is 7.45. The van der Waals surface area contributed by atoms with Crippen molar-refractivity contribution < 1.29 is 14.4 Å². The number of hydrogen-bond acceptors (Lipinski definition) is 6. The minimum absolute atomic E-state index is 0.0543. The predicted molar refractivity (Wildman–Crippen MR) is 215 cm³/mol. The summed E-state index contributed by atoms with van der Waals surface area (Å²) < 4.78 is 0. The molecule has 6 rings (SSSR count). The van der Waals surface area contributed by atoms with Gasteiger partial charge >= 0.3 is 0 Å². The van der Waals surface area contributed by atoms with Crippen molar-refractivity contribution in [2.45, 2.75) is 10.1 Å². The molecule has 6 aromatic rings. The standard InChI is InChI=1S/C39H26Cl4N4O3S2/c40-29-18-17-25(19-31(29)42)33-22-51-39(46-33)47-38(50)35(23-9-3-1-4-10-23)52-28-15-8-14-27(21-28)44-37(49)32(20-26-13-7-16-30(41)34(26)43)45-36(48)24-11-5-2-6-12-24/h1-22,35H,(H,44,49)(H,45,48)(H,46,47,50)/b32-20+. The van der Waals surface area contributed by atoms with E-state index in [1.165, 1.54) is 29.2 Å². The Kier molecular flexibility index (Phi) is 12.3. The van der Waals surface area contributed by atoms with Crippen LogP contribution in [-0.4, -0.2) is 22.7 Å². The van der Waals surface area contributed by atoms with Crippen molar-refractivity contribution in [2.24, 2.45) is 0 Å². The fraction of sp³-hybridized carbons (Fsp3) is 0.0256. The maximum Gasteiger partial charge on any atom is 0.272 e. The fourth-order valence-electron chi connectivity index (χ4n) is 4.90. The molecule has 7 nitrogen and oxygen atoms in total. The van der Waals surface area contributed by atoms with Gasteiger partial charge in [0.2, 0.25) is 5.91 Å². The van der Waals surface area contributed by atoms with E-state index in [1.807, 2.05) is 47.8 Å². The van der Waals surface area contributed by atoms with Crippen LogP contribution in [0.25, 0.3) is 17.3 Å². The number of nitrogens with zero attached hydrogens (tertiary/aromatic N) is 1. The number of amides is 3. The van der Waals surface area contributed by atoms with Gasteiger partial charge < -0.3 is 16.0 Å². The van der Waals surface area contributed by atoms with Gasteiger partial charge in [-0.1, -0.05) is 119 Å². The van der Waals surface area contributed by atoms with E-state index in [1.54, 1.807) is 78.9 Å². The number of aromatic nitrogens is 1. The SMILES string of the molecule is O=C(Nc1cccc(SC(C(=O)Nc2nc(-c3ccc(Cl)c(Cl)c3)cs2)c2ccccc2)c1)/C(=C\c1cccc(Cl)c1Cl)NC(=O)c1ccccc1. The molecule has 13 heteroatoms. The van der Waals surface area contributed by atoms with Crippen molar-refractivity contribution >= 4 is 104 Å². The molecule has 260 valence electrons. The summed E-state index contributed by atoms with van der Waals surface area (Å²) in [4.78, 5) is 46.0. The zero-order valence-corrected chi connectivity index (χ0v) is 31.4. The number of anilines is 2. The van der Waals surface area contributed by atoms with Crippen LogP contribution in [-0.2, 0) is 9.59 Å². The minimum Gasteiger partial charge on any atom is -0.321 e. The van der Waals surface area contributed by atoms with Gasteiger partial charge in [0.15, 0.2) is 5.13 Å². The van der Waals surface area contributed by atoms with Crippen LogP contribution in [0.1, 0.15) is 26.7 Å². The molecule has 0 radical (unpaired) electrons. The number of benzene rings is 5. The summed E-state index contributed by atoms with van der Waals surface area (Å²) in [6.07, 6.45) is 1.46. The summed E-state index contributed by atoms with van der Waals surface area (Å²) in [5.74, 6) is -1.36. The average molecular weight is 805 g/mol. The van der Waals surface area contributed by atoms with Gasteiger partial charge in [-0.25, -0.2) is 4.98 Å². The zero-order chi connectivity index (χ0) is 36.6. The maximum absolute atomic E-state index is 13.8. The molecule has 3 amide bonds. The van der Waals surface area contributed by atoms with E-state index >= 15 is 0 Å². The summed E-state index contributed by atoms with van der Waals surface area (Å²) in [6, 6.07) is 35.2. The van der Waals surface area contributed by atoms with Crippen molar-refractivity contribution in [3.05, 3.63) is 169 Å². The minimum atomic E-state index is -0.671.